The number of hydrogen-bond donors (Lipinski definition) is 2. The number of rotatable bonds is 5. The van der Waals surface area contributed by atoms with Crippen molar-refractivity contribution in [3.8, 4) is 11.3 Å². The molecule has 0 radical (unpaired) electrons. The molecule has 3 N–H and O–H groups in total. The Labute approximate surface area is 157 Å². The van der Waals surface area contributed by atoms with Gasteiger partial charge in [0.2, 0.25) is 5.91 Å². The highest BCUT2D eigenvalue weighted by atomic mass is 32.2. The molecule has 140 valence electrons. The van der Waals surface area contributed by atoms with E-state index in [2.05, 4.69) is 10.3 Å². The highest BCUT2D eigenvalue weighted by Crippen LogP contribution is 2.27. The zero-order chi connectivity index (χ0) is 19.6. The van der Waals surface area contributed by atoms with Gasteiger partial charge >= 0.3 is 0 Å². The smallest absolute Gasteiger partial charge is 0.237 e. The van der Waals surface area contributed by atoms with Crippen molar-refractivity contribution in [1.82, 2.24) is 9.66 Å². The normalized spacial score (nSPS) is 12.0. The number of nitrogens with two attached hydrogens (primary N) is 1. The molecule has 0 spiro atoms. The van der Waals surface area contributed by atoms with Crippen molar-refractivity contribution < 1.29 is 18.0 Å². The molecule has 3 rings (SSSR count). The monoisotopic (exact) mass is 392 g/mol. The number of carbonyl (C=O) groups is 1. The average molecular weight is 392 g/mol. The fourth-order valence-corrected chi connectivity index (χ4v) is 3.09. The third-order valence-corrected chi connectivity index (χ3v) is 4.79. The van der Waals surface area contributed by atoms with Crippen LogP contribution in [0.2, 0.25) is 0 Å². The molecule has 1 heterocycles. The predicted molar refractivity (Wildman–Crippen MR) is 98.1 cm³/mol. The molecular formula is C18H15F3N4OS. The third-order valence-electron chi connectivity index (χ3n) is 3.71. The molecule has 0 fully saturated rings. The topological polar surface area (TPSA) is 72.9 Å². The number of nitrogen functional groups attached to an aromatic ring is 1. The lowest BCUT2D eigenvalue weighted by Gasteiger charge is -2.12. The second-order valence-electron chi connectivity index (χ2n) is 5.65. The van der Waals surface area contributed by atoms with Gasteiger partial charge in [0, 0.05) is 5.56 Å². The molecule has 0 saturated carbocycles. The summed E-state index contributed by atoms with van der Waals surface area (Å²) in [6.07, 6.45) is 1.62. The van der Waals surface area contributed by atoms with Crippen LogP contribution in [-0.2, 0) is 4.79 Å². The average Bonchev–Trinajstić information content (AvgIpc) is 3.03. The molecule has 3 aromatic rings. The summed E-state index contributed by atoms with van der Waals surface area (Å²) < 4.78 is 41.2. The van der Waals surface area contributed by atoms with Crippen molar-refractivity contribution >= 4 is 23.4 Å². The summed E-state index contributed by atoms with van der Waals surface area (Å²) in [5, 5.41) is 1.90. The molecule has 0 unspecified atom stereocenters. The fraction of sp³-hybridized carbons (Fsp3) is 0.111. The van der Waals surface area contributed by atoms with E-state index in [1.54, 1.807) is 13.1 Å². The van der Waals surface area contributed by atoms with E-state index < -0.39 is 34.3 Å². The van der Waals surface area contributed by atoms with Crippen molar-refractivity contribution in [3.05, 3.63) is 66.1 Å². The number of amides is 1. The summed E-state index contributed by atoms with van der Waals surface area (Å²) in [7, 11) is 0. The Balaban J connectivity index is 1.72. The lowest BCUT2D eigenvalue weighted by Crippen LogP contribution is -2.24. The highest BCUT2D eigenvalue weighted by molar-refractivity contribution is 8.00. The highest BCUT2D eigenvalue weighted by Gasteiger charge is 2.21. The quantitative estimate of drug-likeness (QED) is 0.394. The van der Waals surface area contributed by atoms with Crippen LogP contribution in [0.25, 0.3) is 11.3 Å². The van der Waals surface area contributed by atoms with E-state index in [1.165, 1.54) is 4.68 Å². The maximum atomic E-state index is 13.7. The van der Waals surface area contributed by atoms with Gasteiger partial charge in [-0.2, -0.15) is 0 Å². The van der Waals surface area contributed by atoms with E-state index >= 15 is 0 Å². The van der Waals surface area contributed by atoms with Gasteiger partial charge in [-0.1, -0.05) is 42.1 Å². The van der Waals surface area contributed by atoms with E-state index in [0.29, 0.717) is 10.9 Å². The second kappa shape index (κ2) is 7.75. The number of thioether (sulfide) groups is 1. The maximum Gasteiger partial charge on any atom is 0.237 e. The minimum atomic E-state index is -1.64. The van der Waals surface area contributed by atoms with Crippen LogP contribution in [0.15, 0.2) is 53.8 Å². The predicted octanol–water partition coefficient (Wildman–Crippen LogP) is 3.80. The van der Waals surface area contributed by atoms with Gasteiger partial charge in [0.1, 0.15) is 0 Å². The second-order valence-corrected chi connectivity index (χ2v) is 6.96. The standard InChI is InChI=1S/C18H15F3N4OS/c1-10(17(26)23-13-8-7-12(19)15(20)16(13)21)27-18-24-14(9-25(18)22)11-5-3-2-4-6-11/h2-10H,22H2,1H3,(H,23,26)/t10-/m1/s1. The van der Waals surface area contributed by atoms with Gasteiger partial charge in [-0.05, 0) is 19.1 Å². The van der Waals surface area contributed by atoms with E-state index in [4.69, 9.17) is 5.84 Å². The van der Waals surface area contributed by atoms with E-state index in [1.807, 2.05) is 30.3 Å². The van der Waals surface area contributed by atoms with Crippen molar-refractivity contribution in [1.29, 1.82) is 0 Å². The Morgan fingerprint density at radius 2 is 1.85 bits per heavy atom. The lowest BCUT2D eigenvalue weighted by atomic mass is 10.2. The molecule has 9 heteroatoms. The minimum absolute atomic E-state index is 0.377. The molecule has 0 aliphatic carbocycles. The summed E-state index contributed by atoms with van der Waals surface area (Å²) in [6.45, 7) is 1.56. The Hall–Kier alpha value is -2.94. The van der Waals surface area contributed by atoms with Crippen LogP contribution in [0.5, 0.6) is 0 Å². The van der Waals surface area contributed by atoms with Crippen molar-refractivity contribution in [2.75, 3.05) is 11.2 Å². The lowest BCUT2D eigenvalue weighted by molar-refractivity contribution is -0.115. The van der Waals surface area contributed by atoms with Gasteiger partial charge in [0.05, 0.1) is 22.8 Å². The van der Waals surface area contributed by atoms with Crippen LogP contribution in [0.4, 0.5) is 18.9 Å². The SMILES string of the molecule is C[C@@H](Sc1nc(-c2ccccc2)cn1N)C(=O)Nc1ccc(F)c(F)c1F. The molecule has 27 heavy (non-hydrogen) atoms. The number of anilines is 1. The first kappa shape index (κ1) is 18.8. The number of carbonyl (C=O) groups excluding carboxylic acids is 1. The van der Waals surface area contributed by atoms with Crippen molar-refractivity contribution in [3.63, 3.8) is 0 Å². The first-order valence-corrected chi connectivity index (χ1v) is 8.75. The van der Waals surface area contributed by atoms with Crippen LogP contribution >= 0.6 is 11.8 Å². The number of aromatic nitrogens is 2. The Bertz CT molecular complexity index is 978. The van der Waals surface area contributed by atoms with Crippen LogP contribution in [0, 0.1) is 17.5 Å². The van der Waals surface area contributed by atoms with E-state index in [-0.39, 0.29) is 0 Å². The maximum absolute atomic E-state index is 13.7. The third kappa shape index (κ3) is 4.08. The van der Waals surface area contributed by atoms with Crippen LogP contribution in [0.3, 0.4) is 0 Å². The number of hydrogen-bond acceptors (Lipinski definition) is 4. The zero-order valence-corrected chi connectivity index (χ0v) is 14.9. The van der Waals surface area contributed by atoms with Gasteiger partial charge < -0.3 is 11.2 Å². The molecule has 0 saturated heterocycles. The molecule has 5 nitrogen and oxygen atoms in total. The van der Waals surface area contributed by atoms with Crippen LogP contribution in [0.1, 0.15) is 6.92 Å². The first-order valence-electron chi connectivity index (χ1n) is 7.87. The summed E-state index contributed by atoms with van der Waals surface area (Å²) in [6, 6.07) is 11.1. The van der Waals surface area contributed by atoms with Gasteiger partial charge in [-0.3, -0.25) is 4.79 Å². The van der Waals surface area contributed by atoms with Gasteiger partial charge in [-0.25, -0.2) is 22.8 Å². The van der Waals surface area contributed by atoms with Crippen LogP contribution < -0.4 is 11.2 Å². The number of imidazole rings is 1. The largest absolute Gasteiger partial charge is 0.337 e. The molecule has 0 aliphatic heterocycles. The zero-order valence-electron chi connectivity index (χ0n) is 14.1. The summed E-state index contributed by atoms with van der Waals surface area (Å²) in [5.41, 5.74) is 1.07. The number of halogens is 3. The summed E-state index contributed by atoms with van der Waals surface area (Å²) in [5.74, 6) is 0.869. The minimum Gasteiger partial charge on any atom is -0.337 e. The Kier molecular flexibility index (Phi) is 5.41. The molecule has 1 aromatic heterocycles. The van der Waals surface area contributed by atoms with Gasteiger partial charge in [-0.15, -0.1) is 0 Å². The Morgan fingerprint density at radius 3 is 2.56 bits per heavy atom. The summed E-state index contributed by atoms with van der Waals surface area (Å²) >= 11 is 1.05. The van der Waals surface area contributed by atoms with Crippen molar-refractivity contribution in [2.24, 2.45) is 0 Å². The molecule has 1 atom stereocenters. The van der Waals surface area contributed by atoms with Crippen LogP contribution in [-0.4, -0.2) is 20.8 Å². The first-order chi connectivity index (χ1) is 12.9. The molecule has 0 aliphatic rings. The van der Waals surface area contributed by atoms with E-state index in [0.717, 1.165) is 29.5 Å². The summed E-state index contributed by atoms with van der Waals surface area (Å²) in [4.78, 5) is 16.7. The van der Waals surface area contributed by atoms with E-state index in [9.17, 15) is 18.0 Å². The molecule has 2 aromatic carbocycles. The fourth-order valence-electron chi connectivity index (χ4n) is 2.28. The van der Waals surface area contributed by atoms with Gasteiger partial charge in [0.25, 0.3) is 0 Å². The molecular weight excluding hydrogens is 377 g/mol. The van der Waals surface area contributed by atoms with Gasteiger partial charge in [0.15, 0.2) is 22.6 Å². The number of nitrogens with one attached hydrogen (secondary N) is 1. The molecule has 0 bridgehead atoms. The number of benzene rings is 2. The Morgan fingerprint density at radius 1 is 1.15 bits per heavy atom. The molecule has 1 amide bonds. The van der Waals surface area contributed by atoms with Crippen molar-refractivity contribution in [2.45, 2.75) is 17.3 Å². The number of nitrogens with zero attached hydrogens (tertiary/aromatic N) is 2.